The Labute approximate surface area is 264 Å². The molecule has 0 aliphatic heterocycles. The van der Waals surface area contributed by atoms with Gasteiger partial charge >= 0.3 is 0 Å². The lowest BCUT2D eigenvalue weighted by atomic mass is 9.85. The third-order valence-electron chi connectivity index (χ3n) is 9.73. The van der Waals surface area contributed by atoms with Crippen molar-refractivity contribution in [2.75, 3.05) is 0 Å². The Kier molecular flexibility index (Phi) is 4.94. The molecule has 4 heteroatoms. The highest BCUT2D eigenvalue weighted by Crippen LogP contribution is 2.49. The van der Waals surface area contributed by atoms with E-state index in [0.717, 1.165) is 39.5 Å². The number of aromatic nitrogens is 3. The van der Waals surface area contributed by atoms with Gasteiger partial charge in [0.25, 0.3) is 0 Å². The van der Waals surface area contributed by atoms with Gasteiger partial charge in [0.1, 0.15) is 5.69 Å². The van der Waals surface area contributed by atoms with E-state index >= 15 is 0 Å². The Morgan fingerprint density at radius 1 is 0.556 bits per heavy atom. The molecular formula is C41H27N3S. The SMILES string of the molecule is CC1(C)c2ccccc2-c2nc(-n3c4ccccc4c4cc5ccccc5cc43)c(-c3ccc4c(c3)sc3ccccc34)nc21. The van der Waals surface area contributed by atoms with E-state index in [4.69, 9.17) is 9.97 Å². The van der Waals surface area contributed by atoms with E-state index in [1.807, 2.05) is 11.3 Å². The summed E-state index contributed by atoms with van der Waals surface area (Å²) in [7, 11) is 0. The Morgan fingerprint density at radius 2 is 1.27 bits per heavy atom. The van der Waals surface area contributed by atoms with Crippen molar-refractivity contribution in [2.45, 2.75) is 19.3 Å². The monoisotopic (exact) mass is 593 g/mol. The molecule has 10 rings (SSSR count). The van der Waals surface area contributed by atoms with Crippen molar-refractivity contribution in [3.8, 4) is 28.3 Å². The molecule has 1 aliphatic carbocycles. The number of hydrogen-bond acceptors (Lipinski definition) is 3. The second kappa shape index (κ2) is 8.87. The Balaban J connectivity index is 1.35. The van der Waals surface area contributed by atoms with Crippen molar-refractivity contribution in [3.05, 3.63) is 139 Å². The van der Waals surface area contributed by atoms with Gasteiger partial charge in [-0.05, 0) is 46.7 Å². The third kappa shape index (κ3) is 3.40. The molecule has 0 fully saturated rings. The van der Waals surface area contributed by atoms with Crippen molar-refractivity contribution in [3.63, 3.8) is 0 Å². The number of nitrogens with zero attached hydrogens (tertiary/aromatic N) is 3. The standard InChI is InChI=1S/C41H27N3S/c1-41(2)32-16-8-5-15-30(32)38-39(41)42-37(26-19-20-29-28-14-7-10-18-35(28)45-36(29)23-26)40(43-38)44-33-17-9-6-13-27(33)31-21-24-11-3-4-12-25(24)22-34(31)44/h3-23H,1-2H3. The lowest BCUT2D eigenvalue weighted by Gasteiger charge is -2.21. The summed E-state index contributed by atoms with van der Waals surface area (Å²) in [6, 6.07) is 46.1. The van der Waals surface area contributed by atoms with Crippen LogP contribution in [0.2, 0.25) is 0 Å². The molecule has 0 saturated heterocycles. The summed E-state index contributed by atoms with van der Waals surface area (Å²) in [4.78, 5) is 11.2. The van der Waals surface area contributed by atoms with Crippen LogP contribution in [0, 0.1) is 0 Å². The Morgan fingerprint density at radius 3 is 2.16 bits per heavy atom. The highest BCUT2D eigenvalue weighted by Gasteiger charge is 2.39. The van der Waals surface area contributed by atoms with Crippen LogP contribution in [0.25, 0.3) is 81.1 Å². The maximum absolute atomic E-state index is 5.62. The van der Waals surface area contributed by atoms with Gasteiger partial charge in [-0.1, -0.05) is 111 Å². The van der Waals surface area contributed by atoms with Crippen molar-refractivity contribution in [1.82, 2.24) is 14.5 Å². The number of rotatable bonds is 2. The second-order valence-corrected chi connectivity index (χ2v) is 13.7. The van der Waals surface area contributed by atoms with Crippen LogP contribution in [-0.4, -0.2) is 14.5 Å². The van der Waals surface area contributed by atoms with Crippen LogP contribution < -0.4 is 0 Å². The zero-order valence-corrected chi connectivity index (χ0v) is 25.7. The highest BCUT2D eigenvalue weighted by atomic mass is 32.1. The van der Waals surface area contributed by atoms with Gasteiger partial charge in [0.15, 0.2) is 5.82 Å². The van der Waals surface area contributed by atoms with E-state index in [2.05, 4.69) is 146 Å². The summed E-state index contributed by atoms with van der Waals surface area (Å²) in [5, 5.41) is 7.47. The van der Waals surface area contributed by atoms with Crippen LogP contribution in [0.4, 0.5) is 0 Å². The smallest absolute Gasteiger partial charge is 0.165 e. The molecule has 6 aromatic carbocycles. The average molecular weight is 594 g/mol. The summed E-state index contributed by atoms with van der Waals surface area (Å²) < 4.78 is 4.91. The van der Waals surface area contributed by atoms with E-state index < -0.39 is 0 Å². The zero-order chi connectivity index (χ0) is 29.9. The highest BCUT2D eigenvalue weighted by molar-refractivity contribution is 7.25. The number of thiophene rings is 1. The van der Waals surface area contributed by atoms with Crippen LogP contribution in [0.3, 0.4) is 0 Å². The van der Waals surface area contributed by atoms with E-state index in [1.165, 1.54) is 52.8 Å². The van der Waals surface area contributed by atoms with E-state index in [9.17, 15) is 0 Å². The minimum atomic E-state index is -0.259. The number of benzene rings is 6. The molecule has 3 nitrogen and oxygen atoms in total. The third-order valence-corrected chi connectivity index (χ3v) is 10.9. The molecule has 0 saturated carbocycles. The van der Waals surface area contributed by atoms with Crippen molar-refractivity contribution < 1.29 is 0 Å². The molecule has 0 unspecified atom stereocenters. The predicted molar refractivity (Wildman–Crippen MR) is 190 cm³/mol. The molecule has 0 amide bonds. The molecule has 0 atom stereocenters. The fourth-order valence-corrected chi connectivity index (χ4v) is 8.66. The topological polar surface area (TPSA) is 30.7 Å². The fourth-order valence-electron chi connectivity index (χ4n) is 7.52. The molecule has 0 bridgehead atoms. The van der Waals surface area contributed by atoms with Gasteiger partial charge in [-0.3, -0.25) is 4.57 Å². The number of para-hydroxylation sites is 1. The van der Waals surface area contributed by atoms with Crippen molar-refractivity contribution in [2.24, 2.45) is 0 Å². The summed E-state index contributed by atoms with van der Waals surface area (Å²) in [6.45, 7) is 4.55. The van der Waals surface area contributed by atoms with Gasteiger partial charge in [0.2, 0.25) is 0 Å². The molecule has 9 aromatic rings. The molecule has 0 spiro atoms. The van der Waals surface area contributed by atoms with Gasteiger partial charge in [-0.2, -0.15) is 0 Å². The maximum Gasteiger partial charge on any atom is 0.165 e. The largest absolute Gasteiger partial charge is 0.292 e. The van der Waals surface area contributed by atoms with Crippen molar-refractivity contribution in [1.29, 1.82) is 0 Å². The molecule has 3 aromatic heterocycles. The minimum absolute atomic E-state index is 0.259. The maximum atomic E-state index is 5.62. The van der Waals surface area contributed by atoms with Crippen molar-refractivity contribution >= 4 is 64.1 Å². The van der Waals surface area contributed by atoms with E-state index in [0.29, 0.717) is 0 Å². The molecule has 45 heavy (non-hydrogen) atoms. The lowest BCUT2D eigenvalue weighted by molar-refractivity contribution is 0.635. The molecule has 3 heterocycles. The van der Waals surface area contributed by atoms with Gasteiger partial charge in [0, 0.05) is 47.5 Å². The molecule has 0 N–H and O–H groups in total. The molecular weight excluding hydrogens is 567 g/mol. The first-order valence-corrected chi connectivity index (χ1v) is 16.2. The summed E-state index contributed by atoms with van der Waals surface area (Å²) in [6.07, 6.45) is 0. The van der Waals surface area contributed by atoms with E-state index in [1.54, 1.807) is 0 Å². The van der Waals surface area contributed by atoms with Crippen LogP contribution >= 0.6 is 11.3 Å². The minimum Gasteiger partial charge on any atom is -0.292 e. The number of fused-ring (bicyclic) bond motifs is 10. The van der Waals surface area contributed by atoms with Gasteiger partial charge < -0.3 is 0 Å². The van der Waals surface area contributed by atoms with Gasteiger partial charge in [-0.15, -0.1) is 11.3 Å². The molecule has 1 aliphatic rings. The Bertz CT molecular complexity index is 2690. The molecule has 212 valence electrons. The Hall–Kier alpha value is -5.32. The predicted octanol–water partition coefficient (Wildman–Crippen LogP) is 11.1. The quantitative estimate of drug-likeness (QED) is 0.200. The summed E-state index contributed by atoms with van der Waals surface area (Å²) in [5.41, 5.74) is 8.45. The van der Waals surface area contributed by atoms with Crippen LogP contribution in [-0.2, 0) is 5.41 Å². The van der Waals surface area contributed by atoms with E-state index in [-0.39, 0.29) is 5.41 Å². The first kappa shape index (κ1) is 25.1. The first-order chi connectivity index (χ1) is 22.1. The van der Waals surface area contributed by atoms with Gasteiger partial charge in [-0.25, -0.2) is 9.97 Å². The average Bonchev–Trinajstić information content (AvgIpc) is 3.68. The normalized spacial score (nSPS) is 13.7. The summed E-state index contributed by atoms with van der Waals surface area (Å²) in [5.74, 6) is 0.864. The van der Waals surface area contributed by atoms with Crippen LogP contribution in [0.15, 0.2) is 127 Å². The number of hydrogen-bond donors (Lipinski definition) is 0. The zero-order valence-electron chi connectivity index (χ0n) is 24.9. The van der Waals surface area contributed by atoms with Crippen LogP contribution in [0.1, 0.15) is 25.1 Å². The van der Waals surface area contributed by atoms with Crippen LogP contribution in [0.5, 0.6) is 0 Å². The first-order valence-electron chi connectivity index (χ1n) is 15.4. The second-order valence-electron chi connectivity index (χ2n) is 12.6. The van der Waals surface area contributed by atoms with Gasteiger partial charge in [0.05, 0.1) is 22.4 Å². The molecule has 0 radical (unpaired) electrons. The lowest BCUT2D eigenvalue weighted by Crippen LogP contribution is -2.18. The summed E-state index contributed by atoms with van der Waals surface area (Å²) >= 11 is 1.84. The fraction of sp³-hybridized carbons (Fsp3) is 0.0732.